The zero-order valence-electron chi connectivity index (χ0n) is 17.0. The lowest BCUT2D eigenvalue weighted by atomic mass is 10.1. The van der Waals surface area contributed by atoms with E-state index >= 15 is 0 Å². The molecule has 1 amide bonds. The van der Waals surface area contributed by atoms with Crippen molar-refractivity contribution in [3.8, 4) is 22.6 Å². The van der Waals surface area contributed by atoms with Gasteiger partial charge in [0.25, 0.3) is 5.91 Å². The van der Waals surface area contributed by atoms with Gasteiger partial charge in [0.2, 0.25) is 0 Å². The number of rotatable bonds is 7. The first kappa shape index (κ1) is 20.3. The van der Waals surface area contributed by atoms with Gasteiger partial charge in [-0.05, 0) is 29.7 Å². The number of aryl methyl sites for hydroxylation is 1. The lowest BCUT2D eigenvalue weighted by molar-refractivity contribution is -0.124. The second kappa shape index (κ2) is 9.69. The van der Waals surface area contributed by atoms with Crippen molar-refractivity contribution in [2.24, 2.45) is 0 Å². The molecule has 0 aliphatic carbocycles. The zero-order valence-corrected chi connectivity index (χ0v) is 17.0. The molecule has 154 valence electrons. The molecule has 1 heterocycles. The van der Waals surface area contributed by atoms with Crippen LogP contribution in [0.4, 0.5) is 0 Å². The molecule has 1 aromatic heterocycles. The second-order valence-corrected chi connectivity index (χ2v) is 7.16. The van der Waals surface area contributed by atoms with Crippen LogP contribution >= 0.6 is 0 Å². The lowest BCUT2D eigenvalue weighted by Crippen LogP contribution is -2.14. The number of carbonyl (C=O) groups is 1. The van der Waals surface area contributed by atoms with Crippen molar-refractivity contribution in [3.63, 3.8) is 0 Å². The number of hydrogen-bond acceptors (Lipinski definition) is 3. The van der Waals surface area contributed by atoms with Crippen LogP contribution in [0.5, 0.6) is 0 Å². The van der Waals surface area contributed by atoms with Crippen LogP contribution < -0.4 is 5.48 Å². The summed E-state index contributed by atoms with van der Waals surface area (Å²) in [4.78, 5) is 16.1. The van der Waals surface area contributed by atoms with Crippen LogP contribution in [0.2, 0.25) is 0 Å². The molecular weight excluding hydrogens is 386 g/mol. The van der Waals surface area contributed by atoms with Crippen molar-refractivity contribution >= 4 is 12.0 Å². The SMILES string of the molecule is O=C(/C=C/c1cccc(-c2cnc(-c3ccccc3)n2CCc2ccccc2)c1)NO. The van der Waals surface area contributed by atoms with Crippen LogP contribution in [0.1, 0.15) is 11.1 Å². The van der Waals surface area contributed by atoms with Crippen LogP contribution in [0.25, 0.3) is 28.7 Å². The minimum atomic E-state index is -0.565. The molecule has 0 aliphatic heterocycles. The highest BCUT2D eigenvalue weighted by molar-refractivity contribution is 5.91. The van der Waals surface area contributed by atoms with E-state index in [9.17, 15) is 4.79 Å². The van der Waals surface area contributed by atoms with E-state index in [4.69, 9.17) is 10.2 Å². The van der Waals surface area contributed by atoms with Gasteiger partial charge in [0.05, 0.1) is 11.9 Å². The maximum atomic E-state index is 11.3. The standard InChI is InChI=1S/C26H23N3O2/c30-25(28-31)15-14-21-10-7-13-23(18-21)24-19-27-26(22-11-5-2-6-12-22)29(24)17-16-20-8-3-1-4-9-20/h1-15,18-19,31H,16-17H2,(H,28,30)/b15-14+. The molecule has 0 radical (unpaired) electrons. The van der Waals surface area contributed by atoms with Gasteiger partial charge in [-0.1, -0.05) is 78.9 Å². The number of nitrogens with zero attached hydrogens (tertiary/aromatic N) is 2. The van der Waals surface area contributed by atoms with Gasteiger partial charge in [-0.15, -0.1) is 0 Å². The van der Waals surface area contributed by atoms with Gasteiger partial charge >= 0.3 is 0 Å². The van der Waals surface area contributed by atoms with Gasteiger partial charge in [-0.25, -0.2) is 10.5 Å². The van der Waals surface area contributed by atoms with Gasteiger partial charge in [-0.2, -0.15) is 0 Å². The molecule has 0 saturated carbocycles. The molecule has 0 aliphatic rings. The number of imidazole rings is 1. The first-order valence-corrected chi connectivity index (χ1v) is 10.1. The van der Waals surface area contributed by atoms with Crippen LogP contribution in [-0.4, -0.2) is 20.7 Å². The smallest absolute Gasteiger partial charge is 0.267 e. The fourth-order valence-electron chi connectivity index (χ4n) is 3.55. The molecule has 5 heteroatoms. The molecular formula is C26H23N3O2. The molecule has 0 spiro atoms. The summed E-state index contributed by atoms with van der Waals surface area (Å²) in [5.74, 6) is 0.358. The Morgan fingerprint density at radius 1 is 0.935 bits per heavy atom. The average molecular weight is 409 g/mol. The van der Waals surface area contributed by atoms with E-state index in [2.05, 4.69) is 41.0 Å². The van der Waals surface area contributed by atoms with Crippen molar-refractivity contribution in [2.75, 3.05) is 0 Å². The quantitative estimate of drug-likeness (QED) is 0.257. The van der Waals surface area contributed by atoms with Crippen LogP contribution in [0, 0.1) is 0 Å². The molecule has 5 nitrogen and oxygen atoms in total. The zero-order chi connectivity index (χ0) is 21.5. The Morgan fingerprint density at radius 3 is 2.39 bits per heavy atom. The summed E-state index contributed by atoms with van der Waals surface area (Å²) in [5.41, 5.74) is 6.82. The third-order valence-corrected chi connectivity index (χ3v) is 5.07. The van der Waals surface area contributed by atoms with Crippen molar-refractivity contribution in [1.82, 2.24) is 15.0 Å². The van der Waals surface area contributed by atoms with Crippen LogP contribution in [0.3, 0.4) is 0 Å². The van der Waals surface area contributed by atoms with Crippen molar-refractivity contribution in [2.45, 2.75) is 13.0 Å². The maximum absolute atomic E-state index is 11.3. The Hall–Kier alpha value is -3.96. The summed E-state index contributed by atoms with van der Waals surface area (Å²) in [6.07, 6.45) is 5.75. The summed E-state index contributed by atoms with van der Waals surface area (Å²) in [7, 11) is 0. The summed E-state index contributed by atoms with van der Waals surface area (Å²) in [6, 6.07) is 28.5. The first-order valence-electron chi connectivity index (χ1n) is 10.1. The fourth-order valence-corrected chi connectivity index (χ4v) is 3.55. The van der Waals surface area contributed by atoms with Gasteiger partial charge in [0.15, 0.2) is 0 Å². The average Bonchev–Trinajstić information content (AvgIpc) is 3.26. The molecule has 0 bridgehead atoms. The number of carbonyl (C=O) groups excluding carboxylic acids is 1. The van der Waals surface area contributed by atoms with E-state index in [1.807, 2.05) is 54.7 Å². The van der Waals surface area contributed by atoms with E-state index in [1.165, 1.54) is 11.6 Å². The van der Waals surface area contributed by atoms with Gasteiger partial charge < -0.3 is 4.57 Å². The Balaban J connectivity index is 1.71. The number of hydrogen-bond donors (Lipinski definition) is 2. The van der Waals surface area contributed by atoms with E-state index in [-0.39, 0.29) is 0 Å². The summed E-state index contributed by atoms with van der Waals surface area (Å²) < 4.78 is 2.24. The second-order valence-electron chi connectivity index (χ2n) is 7.16. The summed E-state index contributed by atoms with van der Waals surface area (Å²) in [5, 5.41) is 8.68. The Labute approximate surface area is 181 Å². The summed E-state index contributed by atoms with van der Waals surface area (Å²) >= 11 is 0. The molecule has 2 N–H and O–H groups in total. The van der Waals surface area contributed by atoms with E-state index < -0.39 is 5.91 Å². The first-order chi connectivity index (χ1) is 15.2. The Bertz CT molecular complexity index is 1180. The molecule has 4 aromatic rings. The van der Waals surface area contributed by atoms with Crippen molar-refractivity contribution in [3.05, 3.63) is 108 Å². The third-order valence-electron chi connectivity index (χ3n) is 5.07. The predicted molar refractivity (Wildman–Crippen MR) is 122 cm³/mol. The largest absolute Gasteiger partial charge is 0.324 e. The van der Waals surface area contributed by atoms with Crippen LogP contribution in [-0.2, 0) is 17.8 Å². The molecule has 0 atom stereocenters. The third kappa shape index (κ3) is 4.97. The van der Waals surface area contributed by atoms with Gasteiger partial charge in [0.1, 0.15) is 5.82 Å². The Morgan fingerprint density at radius 2 is 1.65 bits per heavy atom. The molecule has 31 heavy (non-hydrogen) atoms. The highest BCUT2D eigenvalue weighted by atomic mass is 16.5. The predicted octanol–water partition coefficient (Wildman–Crippen LogP) is 4.98. The molecule has 0 unspecified atom stereocenters. The number of nitrogens with one attached hydrogen (secondary N) is 1. The fraction of sp³-hybridized carbons (Fsp3) is 0.0769. The monoisotopic (exact) mass is 409 g/mol. The minimum absolute atomic E-state index is 0.565. The molecule has 0 saturated heterocycles. The summed E-state index contributed by atoms with van der Waals surface area (Å²) in [6.45, 7) is 0.788. The Kier molecular flexibility index (Phi) is 6.35. The van der Waals surface area contributed by atoms with E-state index in [1.54, 1.807) is 11.6 Å². The number of amides is 1. The van der Waals surface area contributed by atoms with Crippen molar-refractivity contribution < 1.29 is 10.0 Å². The lowest BCUT2D eigenvalue weighted by Gasteiger charge is -2.13. The molecule has 4 rings (SSSR count). The maximum Gasteiger partial charge on any atom is 0.267 e. The minimum Gasteiger partial charge on any atom is -0.324 e. The number of aromatic nitrogens is 2. The topological polar surface area (TPSA) is 67.2 Å². The van der Waals surface area contributed by atoms with E-state index in [0.717, 1.165) is 41.2 Å². The molecule has 3 aromatic carbocycles. The molecule has 0 fully saturated rings. The van der Waals surface area contributed by atoms with Crippen LogP contribution in [0.15, 0.2) is 97.2 Å². The van der Waals surface area contributed by atoms with Crippen molar-refractivity contribution in [1.29, 1.82) is 0 Å². The normalized spacial score (nSPS) is 11.0. The number of benzene rings is 3. The highest BCUT2D eigenvalue weighted by Gasteiger charge is 2.13. The van der Waals surface area contributed by atoms with Gasteiger partial charge in [-0.3, -0.25) is 10.0 Å². The van der Waals surface area contributed by atoms with Gasteiger partial charge in [0, 0.05) is 23.7 Å². The number of hydroxylamine groups is 1. The highest BCUT2D eigenvalue weighted by Crippen LogP contribution is 2.28. The van der Waals surface area contributed by atoms with E-state index in [0.29, 0.717) is 0 Å².